The van der Waals surface area contributed by atoms with Crippen molar-refractivity contribution < 1.29 is 35.7 Å². The highest BCUT2D eigenvalue weighted by Gasteiger charge is 2.30. The highest BCUT2D eigenvalue weighted by atomic mass is 32.2. The molecule has 0 aliphatic carbocycles. The van der Waals surface area contributed by atoms with Crippen LogP contribution < -0.4 is 5.32 Å². The first kappa shape index (κ1) is 23.9. The molecule has 2 rings (SSSR count). The average molecular weight is 461 g/mol. The minimum absolute atomic E-state index is 0.105. The summed E-state index contributed by atoms with van der Waals surface area (Å²) in [7, 11) is -4.37. The van der Waals surface area contributed by atoms with Crippen molar-refractivity contribution in [1.82, 2.24) is 0 Å². The van der Waals surface area contributed by atoms with E-state index in [9.17, 15) is 31.2 Å². The Kier molecular flexibility index (Phi) is 7.67. The van der Waals surface area contributed by atoms with Crippen molar-refractivity contribution in [2.75, 3.05) is 11.1 Å². The van der Waals surface area contributed by atoms with Gasteiger partial charge in [0.1, 0.15) is 0 Å². The van der Waals surface area contributed by atoms with Gasteiger partial charge in [0.15, 0.2) is 5.12 Å². The van der Waals surface area contributed by atoms with Gasteiger partial charge in [-0.2, -0.15) is 21.6 Å². The molecule has 2 aromatic rings. The molecule has 0 aliphatic heterocycles. The molecule has 0 bridgehead atoms. The van der Waals surface area contributed by atoms with Crippen LogP contribution in [0.4, 0.5) is 18.9 Å². The van der Waals surface area contributed by atoms with E-state index in [1.807, 2.05) is 0 Å². The van der Waals surface area contributed by atoms with E-state index in [0.717, 1.165) is 36.0 Å². The van der Waals surface area contributed by atoms with Gasteiger partial charge < -0.3 is 5.32 Å². The molecule has 162 valence electrons. The molecule has 11 heteroatoms. The summed E-state index contributed by atoms with van der Waals surface area (Å²) in [5.41, 5.74) is -0.0454. The number of carbonyl (C=O) groups is 2. The summed E-state index contributed by atoms with van der Waals surface area (Å²) in [5, 5.41) is 2.37. The van der Waals surface area contributed by atoms with E-state index in [-0.39, 0.29) is 27.9 Å². The number of halogens is 3. The highest BCUT2D eigenvalue weighted by Crippen LogP contribution is 2.29. The van der Waals surface area contributed by atoms with Crippen molar-refractivity contribution in [2.45, 2.75) is 24.4 Å². The summed E-state index contributed by atoms with van der Waals surface area (Å²) >= 11 is 0.919. The van der Waals surface area contributed by atoms with E-state index in [2.05, 4.69) is 5.32 Å². The fourth-order valence-corrected chi connectivity index (χ4v) is 3.70. The number of alkyl halides is 3. The molecule has 0 fully saturated rings. The van der Waals surface area contributed by atoms with Crippen LogP contribution in [0, 0.1) is 5.92 Å². The Morgan fingerprint density at radius 2 is 1.63 bits per heavy atom. The largest absolute Gasteiger partial charge is 0.416 e. The molecular formula is C19H18F3NO5S2. The Morgan fingerprint density at radius 1 is 1.07 bits per heavy atom. The molecule has 1 unspecified atom stereocenters. The van der Waals surface area contributed by atoms with Crippen LogP contribution in [0.5, 0.6) is 0 Å². The third-order valence-electron chi connectivity index (χ3n) is 4.04. The van der Waals surface area contributed by atoms with Crippen LogP contribution in [0.1, 0.15) is 18.1 Å². The monoisotopic (exact) mass is 461 g/mol. The highest BCUT2D eigenvalue weighted by molar-refractivity contribution is 8.13. The summed E-state index contributed by atoms with van der Waals surface area (Å²) in [6.07, 6.45) is -4.36. The third-order valence-corrected chi connectivity index (χ3v) is 5.89. The number of carbonyl (C=O) groups excluding carboxylic acids is 2. The maximum atomic E-state index is 12.7. The zero-order chi connectivity index (χ0) is 22.5. The van der Waals surface area contributed by atoms with Crippen molar-refractivity contribution in [3.8, 4) is 0 Å². The summed E-state index contributed by atoms with van der Waals surface area (Å²) in [6.45, 7) is 1.34. The minimum Gasteiger partial charge on any atom is -0.326 e. The van der Waals surface area contributed by atoms with Gasteiger partial charge in [0.05, 0.1) is 16.4 Å². The second-order valence-electron chi connectivity index (χ2n) is 6.39. The SMILES string of the molecule is CC(=O)SCC(Cc1ccc(C(F)(F)F)cc1)C(=O)Nc1ccc(S(=O)(=O)O)cc1. The molecular weight excluding hydrogens is 443 g/mol. The van der Waals surface area contributed by atoms with Crippen LogP contribution in [0.3, 0.4) is 0 Å². The fourth-order valence-electron chi connectivity index (χ4n) is 2.51. The molecule has 1 atom stereocenters. The topological polar surface area (TPSA) is 101 Å². The van der Waals surface area contributed by atoms with Crippen LogP contribution in [0.15, 0.2) is 53.4 Å². The number of anilines is 1. The number of hydrogen-bond acceptors (Lipinski definition) is 5. The third kappa shape index (κ3) is 7.15. The first-order chi connectivity index (χ1) is 13.9. The molecule has 0 radical (unpaired) electrons. The van der Waals surface area contributed by atoms with Gasteiger partial charge in [0.2, 0.25) is 5.91 Å². The Balaban J connectivity index is 2.15. The van der Waals surface area contributed by atoms with Gasteiger partial charge >= 0.3 is 6.18 Å². The first-order valence-electron chi connectivity index (χ1n) is 8.54. The number of hydrogen-bond donors (Lipinski definition) is 2. The van der Waals surface area contributed by atoms with Gasteiger partial charge in [-0.25, -0.2) is 0 Å². The van der Waals surface area contributed by atoms with Crippen LogP contribution in [-0.2, 0) is 32.3 Å². The predicted octanol–water partition coefficient (Wildman–Crippen LogP) is 4.03. The lowest BCUT2D eigenvalue weighted by Crippen LogP contribution is -2.27. The first-order valence-corrected chi connectivity index (χ1v) is 11.0. The lowest BCUT2D eigenvalue weighted by molar-refractivity contribution is -0.137. The van der Waals surface area contributed by atoms with Crippen molar-refractivity contribution in [3.05, 3.63) is 59.7 Å². The molecule has 30 heavy (non-hydrogen) atoms. The zero-order valence-electron chi connectivity index (χ0n) is 15.6. The average Bonchev–Trinajstić information content (AvgIpc) is 2.64. The van der Waals surface area contributed by atoms with Gasteiger partial charge in [0.25, 0.3) is 10.1 Å². The molecule has 0 aromatic heterocycles. The molecule has 0 aliphatic rings. The Hall–Kier alpha value is -2.37. The molecule has 1 amide bonds. The van der Waals surface area contributed by atoms with Crippen molar-refractivity contribution in [2.24, 2.45) is 5.92 Å². The molecule has 0 saturated carbocycles. The van der Waals surface area contributed by atoms with Gasteiger partial charge in [-0.1, -0.05) is 23.9 Å². The predicted molar refractivity (Wildman–Crippen MR) is 107 cm³/mol. The quantitative estimate of drug-likeness (QED) is 0.604. The van der Waals surface area contributed by atoms with Crippen molar-refractivity contribution in [1.29, 1.82) is 0 Å². The van der Waals surface area contributed by atoms with Crippen LogP contribution in [0.2, 0.25) is 0 Å². The van der Waals surface area contributed by atoms with Crippen LogP contribution in [0.25, 0.3) is 0 Å². The molecule has 2 N–H and O–H groups in total. The van der Waals surface area contributed by atoms with E-state index in [1.54, 1.807) is 0 Å². The Labute approximate surface area is 175 Å². The molecule has 0 saturated heterocycles. The van der Waals surface area contributed by atoms with E-state index < -0.39 is 33.7 Å². The maximum Gasteiger partial charge on any atom is 0.416 e. The van der Waals surface area contributed by atoms with Gasteiger partial charge in [-0.3, -0.25) is 14.1 Å². The fraction of sp³-hybridized carbons (Fsp3) is 0.263. The summed E-state index contributed by atoms with van der Waals surface area (Å²) in [5.74, 6) is -1.09. The lowest BCUT2D eigenvalue weighted by Gasteiger charge is -2.17. The Bertz CT molecular complexity index is 1000. The lowest BCUT2D eigenvalue weighted by atomic mass is 9.99. The smallest absolute Gasteiger partial charge is 0.326 e. The molecule has 2 aromatic carbocycles. The number of nitrogens with one attached hydrogen (secondary N) is 1. The summed E-state index contributed by atoms with van der Waals surface area (Å²) in [6, 6.07) is 9.21. The van der Waals surface area contributed by atoms with E-state index >= 15 is 0 Å². The number of amides is 1. The minimum atomic E-state index is -4.46. The van der Waals surface area contributed by atoms with E-state index in [4.69, 9.17) is 4.55 Å². The normalized spacial score (nSPS) is 13.0. The number of benzene rings is 2. The molecule has 0 heterocycles. The van der Waals surface area contributed by atoms with E-state index in [1.165, 1.54) is 31.2 Å². The van der Waals surface area contributed by atoms with Gasteiger partial charge in [-0.15, -0.1) is 0 Å². The number of rotatable bonds is 7. The van der Waals surface area contributed by atoms with Crippen molar-refractivity contribution >= 4 is 38.6 Å². The standard InChI is InChI=1S/C19H18F3NO5S2/c1-12(24)29-11-14(10-13-2-4-15(5-3-13)19(20,21)22)18(25)23-16-6-8-17(9-7-16)30(26,27)28/h2-9,14H,10-11H2,1H3,(H,23,25)(H,26,27,28). The maximum absolute atomic E-state index is 12.7. The second-order valence-corrected chi connectivity index (χ2v) is 9.01. The summed E-state index contributed by atoms with van der Waals surface area (Å²) < 4.78 is 69.3. The van der Waals surface area contributed by atoms with Gasteiger partial charge in [0, 0.05) is 18.4 Å². The number of thioether (sulfide) groups is 1. The van der Waals surface area contributed by atoms with Gasteiger partial charge in [-0.05, 0) is 48.4 Å². The van der Waals surface area contributed by atoms with Crippen LogP contribution in [-0.4, -0.2) is 29.7 Å². The van der Waals surface area contributed by atoms with Crippen molar-refractivity contribution in [3.63, 3.8) is 0 Å². The van der Waals surface area contributed by atoms with Crippen LogP contribution >= 0.6 is 11.8 Å². The zero-order valence-corrected chi connectivity index (χ0v) is 17.3. The summed E-state index contributed by atoms with van der Waals surface area (Å²) in [4.78, 5) is 23.6. The molecule has 6 nitrogen and oxygen atoms in total. The molecule has 0 spiro atoms. The Morgan fingerprint density at radius 3 is 2.10 bits per heavy atom. The second kappa shape index (κ2) is 9.63. The van der Waals surface area contributed by atoms with E-state index in [0.29, 0.717) is 5.56 Å².